The molecule has 5 heteroatoms. The van der Waals surface area contributed by atoms with Gasteiger partial charge in [-0.2, -0.15) is 0 Å². The van der Waals surface area contributed by atoms with E-state index < -0.39 is 5.79 Å². The van der Waals surface area contributed by atoms with Gasteiger partial charge < -0.3 is 19.4 Å². The zero-order chi connectivity index (χ0) is 17.9. The lowest BCUT2D eigenvalue weighted by atomic mass is 10.2. The molecule has 0 bridgehead atoms. The highest BCUT2D eigenvalue weighted by molar-refractivity contribution is 6.05. The van der Waals surface area contributed by atoms with Crippen molar-refractivity contribution in [2.75, 3.05) is 5.32 Å². The van der Waals surface area contributed by atoms with Crippen molar-refractivity contribution in [3.63, 3.8) is 0 Å². The SMILES string of the molecule is Cc1cc(C(=O)Nc2ccc3c(c2)OC2(CCCC2)O3)c(C)n1C1CC1. The van der Waals surface area contributed by atoms with Crippen molar-refractivity contribution in [1.29, 1.82) is 0 Å². The third-order valence-electron chi connectivity index (χ3n) is 5.80. The first-order valence-electron chi connectivity index (χ1n) is 9.57. The number of aromatic nitrogens is 1. The quantitative estimate of drug-likeness (QED) is 0.868. The van der Waals surface area contributed by atoms with E-state index in [1.807, 2.05) is 31.2 Å². The monoisotopic (exact) mass is 352 g/mol. The summed E-state index contributed by atoms with van der Waals surface area (Å²) in [5.41, 5.74) is 3.69. The minimum Gasteiger partial charge on any atom is -0.448 e. The summed E-state index contributed by atoms with van der Waals surface area (Å²) in [5, 5.41) is 3.02. The number of nitrogens with zero attached hydrogens (tertiary/aromatic N) is 1. The summed E-state index contributed by atoms with van der Waals surface area (Å²) in [6.07, 6.45) is 6.54. The Balaban J connectivity index is 1.36. The molecule has 5 rings (SSSR count). The smallest absolute Gasteiger partial charge is 0.257 e. The first-order chi connectivity index (χ1) is 12.5. The van der Waals surface area contributed by atoms with E-state index in [-0.39, 0.29) is 5.91 Å². The normalized spacial score (nSPS) is 19.9. The highest BCUT2D eigenvalue weighted by Gasteiger charge is 2.44. The maximum atomic E-state index is 12.8. The zero-order valence-electron chi connectivity index (χ0n) is 15.3. The van der Waals surface area contributed by atoms with Gasteiger partial charge in [0.2, 0.25) is 0 Å². The molecule has 1 aromatic heterocycles. The second-order valence-electron chi connectivity index (χ2n) is 7.82. The van der Waals surface area contributed by atoms with Gasteiger partial charge in [-0.1, -0.05) is 0 Å². The van der Waals surface area contributed by atoms with E-state index in [1.54, 1.807) is 0 Å². The van der Waals surface area contributed by atoms with Gasteiger partial charge in [0.25, 0.3) is 11.7 Å². The standard InChI is InChI=1S/C21H24N2O3/c1-13-11-17(14(2)23(13)16-6-7-16)20(24)22-15-5-8-18-19(12-15)26-21(25-18)9-3-4-10-21/h5,8,11-12,16H,3-4,6-7,9-10H2,1-2H3,(H,22,24). The zero-order valence-corrected chi connectivity index (χ0v) is 15.3. The van der Waals surface area contributed by atoms with E-state index in [1.165, 1.54) is 12.8 Å². The number of rotatable bonds is 3. The first-order valence-corrected chi connectivity index (χ1v) is 9.57. The molecule has 3 aliphatic rings. The predicted octanol–water partition coefficient (Wildman–Crippen LogP) is 4.73. The number of hydrogen-bond donors (Lipinski definition) is 1. The number of carbonyl (C=O) groups excluding carboxylic acids is 1. The molecule has 2 fully saturated rings. The fourth-order valence-corrected chi connectivity index (χ4v) is 4.39. The van der Waals surface area contributed by atoms with Crippen molar-refractivity contribution >= 4 is 11.6 Å². The van der Waals surface area contributed by atoms with Crippen LogP contribution in [0.4, 0.5) is 5.69 Å². The van der Waals surface area contributed by atoms with E-state index in [0.29, 0.717) is 6.04 Å². The Hall–Kier alpha value is -2.43. The van der Waals surface area contributed by atoms with E-state index >= 15 is 0 Å². The molecule has 1 spiro atoms. The van der Waals surface area contributed by atoms with Crippen LogP contribution in [0.1, 0.15) is 66.3 Å². The van der Waals surface area contributed by atoms with Gasteiger partial charge >= 0.3 is 0 Å². The molecule has 136 valence electrons. The lowest BCUT2D eigenvalue weighted by Crippen LogP contribution is -2.34. The minimum absolute atomic E-state index is 0.0700. The number of ether oxygens (including phenoxy) is 2. The molecule has 0 radical (unpaired) electrons. The third kappa shape index (κ3) is 2.49. The summed E-state index contributed by atoms with van der Waals surface area (Å²) in [4.78, 5) is 12.8. The third-order valence-corrected chi connectivity index (χ3v) is 5.80. The molecular weight excluding hydrogens is 328 g/mol. The minimum atomic E-state index is -0.472. The fourth-order valence-electron chi connectivity index (χ4n) is 4.39. The van der Waals surface area contributed by atoms with Crippen LogP contribution in [-0.2, 0) is 0 Å². The molecule has 0 atom stereocenters. The number of carbonyl (C=O) groups is 1. The van der Waals surface area contributed by atoms with Crippen molar-refractivity contribution in [3.05, 3.63) is 41.2 Å². The molecule has 26 heavy (non-hydrogen) atoms. The predicted molar refractivity (Wildman–Crippen MR) is 99.0 cm³/mol. The van der Waals surface area contributed by atoms with Crippen LogP contribution in [0.25, 0.3) is 0 Å². The topological polar surface area (TPSA) is 52.5 Å². The van der Waals surface area contributed by atoms with Gasteiger partial charge in [0.1, 0.15) is 0 Å². The average Bonchev–Trinajstić information content (AvgIpc) is 3.10. The number of anilines is 1. The Morgan fingerprint density at radius 3 is 2.58 bits per heavy atom. The van der Waals surface area contributed by atoms with Crippen LogP contribution < -0.4 is 14.8 Å². The molecule has 2 heterocycles. The van der Waals surface area contributed by atoms with Gasteiger partial charge in [0, 0.05) is 42.0 Å². The number of nitrogens with one attached hydrogen (secondary N) is 1. The van der Waals surface area contributed by atoms with Crippen molar-refractivity contribution in [2.24, 2.45) is 0 Å². The van der Waals surface area contributed by atoms with Crippen molar-refractivity contribution in [3.8, 4) is 11.5 Å². The van der Waals surface area contributed by atoms with Crippen LogP contribution in [0.15, 0.2) is 24.3 Å². The average molecular weight is 352 g/mol. The number of aryl methyl sites for hydroxylation is 1. The van der Waals surface area contributed by atoms with Crippen LogP contribution in [0, 0.1) is 13.8 Å². The molecule has 0 saturated heterocycles. The molecule has 5 nitrogen and oxygen atoms in total. The van der Waals surface area contributed by atoms with E-state index in [0.717, 1.165) is 59.8 Å². The van der Waals surface area contributed by atoms with Gasteiger partial charge in [0.05, 0.1) is 5.56 Å². The highest BCUT2D eigenvalue weighted by Crippen LogP contribution is 2.47. The Bertz CT molecular complexity index is 889. The van der Waals surface area contributed by atoms with Crippen LogP contribution in [0.2, 0.25) is 0 Å². The van der Waals surface area contributed by atoms with Gasteiger partial charge in [-0.15, -0.1) is 0 Å². The van der Waals surface area contributed by atoms with Crippen LogP contribution >= 0.6 is 0 Å². The number of amides is 1. The molecular formula is C21H24N2O3. The summed E-state index contributed by atoms with van der Waals surface area (Å²) >= 11 is 0. The summed E-state index contributed by atoms with van der Waals surface area (Å²) in [5.74, 6) is 0.963. The van der Waals surface area contributed by atoms with Gasteiger partial charge in [-0.05, 0) is 57.7 Å². The summed E-state index contributed by atoms with van der Waals surface area (Å²) in [6.45, 7) is 4.10. The molecule has 0 unspecified atom stereocenters. The summed E-state index contributed by atoms with van der Waals surface area (Å²) < 4.78 is 14.4. The number of fused-ring (bicyclic) bond motifs is 1. The van der Waals surface area contributed by atoms with Crippen LogP contribution in [-0.4, -0.2) is 16.3 Å². The Labute approximate surface area is 153 Å². The second kappa shape index (κ2) is 5.53. The van der Waals surface area contributed by atoms with Crippen molar-refractivity contribution in [2.45, 2.75) is 64.2 Å². The lowest BCUT2D eigenvalue weighted by Gasteiger charge is -2.21. The Kier molecular flexibility index (Phi) is 3.36. The number of hydrogen-bond acceptors (Lipinski definition) is 3. The second-order valence-corrected chi connectivity index (χ2v) is 7.82. The maximum Gasteiger partial charge on any atom is 0.257 e. The van der Waals surface area contributed by atoms with Gasteiger partial charge in [0.15, 0.2) is 11.5 Å². The summed E-state index contributed by atoms with van der Waals surface area (Å²) in [7, 11) is 0. The molecule has 2 aliphatic carbocycles. The maximum absolute atomic E-state index is 12.8. The van der Waals surface area contributed by atoms with E-state index in [4.69, 9.17) is 9.47 Å². The van der Waals surface area contributed by atoms with Gasteiger partial charge in [-0.25, -0.2) is 0 Å². The van der Waals surface area contributed by atoms with Crippen molar-refractivity contribution in [1.82, 2.24) is 4.57 Å². The van der Waals surface area contributed by atoms with Crippen LogP contribution in [0.3, 0.4) is 0 Å². The number of benzene rings is 1. The Morgan fingerprint density at radius 2 is 1.85 bits per heavy atom. The molecule has 1 N–H and O–H groups in total. The molecule has 1 amide bonds. The molecule has 1 aliphatic heterocycles. The Morgan fingerprint density at radius 1 is 1.12 bits per heavy atom. The van der Waals surface area contributed by atoms with Crippen LogP contribution in [0.5, 0.6) is 11.5 Å². The molecule has 2 aromatic rings. The lowest BCUT2D eigenvalue weighted by molar-refractivity contribution is -0.0716. The van der Waals surface area contributed by atoms with Crippen molar-refractivity contribution < 1.29 is 14.3 Å². The largest absolute Gasteiger partial charge is 0.448 e. The highest BCUT2D eigenvalue weighted by atomic mass is 16.7. The summed E-state index contributed by atoms with van der Waals surface area (Å²) in [6, 6.07) is 8.22. The fraction of sp³-hybridized carbons (Fsp3) is 0.476. The van der Waals surface area contributed by atoms with E-state index in [9.17, 15) is 4.79 Å². The first kappa shape index (κ1) is 15.8. The van der Waals surface area contributed by atoms with E-state index in [2.05, 4.69) is 16.8 Å². The molecule has 1 aromatic carbocycles. The van der Waals surface area contributed by atoms with Gasteiger partial charge in [-0.3, -0.25) is 4.79 Å². The molecule has 2 saturated carbocycles.